The van der Waals surface area contributed by atoms with Gasteiger partial charge in [-0.2, -0.15) is 0 Å². The van der Waals surface area contributed by atoms with Gasteiger partial charge in [-0.3, -0.25) is 0 Å². The molecule has 0 amide bonds. The molecule has 0 bridgehead atoms. The van der Waals surface area contributed by atoms with Gasteiger partial charge < -0.3 is 5.11 Å². The molecule has 0 atom stereocenters. The average Bonchev–Trinajstić information content (AvgIpc) is 2.69. The minimum Gasteiger partial charge on any atom is -0.508 e. The average molecular weight is 322 g/mol. The molecule has 0 spiro atoms. The van der Waals surface area contributed by atoms with Crippen LogP contribution in [0.25, 0.3) is 33.4 Å². The molecule has 0 aliphatic rings. The molecule has 4 aromatic rings. The number of benzene rings is 4. The Morgan fingerprint density at radius 2 is 0.720 bits per heavy atom. The summed E-state index contributed by atoms with van der Waals surface area (Å²) in [4.78, 5) is 0. The molecule has 0 aliphatic carbocycles. The second kappa shape index (κ2) is 6.66. The topological polar surface area (TPSA) is 20.2 Å². The maximum Gasteiger partial charge on any atom is 0.115 e. The van der Waals surface area contributed by atoms with Gasteiger partial charge in [0, 0.05) is 0 Å². The van der Waals surface area contributed by atoms with Gasteiger partial charge in [-0.25, -0.2) is 0 Å². The van der Waals surface area contributed by atoms with Crippen LogP contribution in [0, 0.1) is 0 Å². The van der Waals surface area contributed by atoms with Crippen molar-refractivity contribution in [2.24, 2.45) is 0 Å². The number of phenolic OH excluding ortho intramolecular Hbond substituents is 1. The van der Waals surface area contributed by atoms with Gasteiger partial charge in [0.25, 0.3) is 0 Å². The van der Waals surface area contributed by atoms with Crippen molar-refractivity contribution in [3.63, 3.8) is 0 Å². The summed E-state index contributed by atoms with van der Waals surface area (Å²) in [5, 5.41) is 9.57. The highest BCUT2D eigenvalue weighted by Crippen LogP contribution is 2.33. The summed E-state index contributed by atoms with van der Waals surface area (Å²) in [5.41, 5.74) is 6.99. The van der Waals surface area contributed by atoms with Crippen molar-refractivity contribution >= 4 is 0 Å². The van der Waals surface area contributed by atoms with Crippen molar-refractivity contribution in [2.75, 3.05) is 0 Å². The molecule has 1 heteroatoms. The monoisotopic (exact) mass is 322 g/mol. The molecule has 4 rings (SSSR count). The molecule has 0 aliphatic heterocycles. The Morgan fingerprint density at radius 3 is 1.12 bits per heavy atom. The van der Waals surface area contributed by atoms with E-state index < -0.39 is 0 Å². The van der Waals surface area contributed by atoms with E-state index in [4.69, 9.17) is 0 Å². The fraction of sp³-hybridized carbons (Fsp3) is 0. The van der Waals surface area contributed by atoms with Gasteiger partial charge >= 0.3 is 0 Å². The summed E-state index contributed by atoms with van der Waals surface area (Å²) < 4.78 is 0. The van der Waals surface area contributed by atoms with Crippen LogP contribution in [-0.4, -0.2) is 5.11 Å². The third-order valence-electron chi connectivity index (χ3n) is 4.35. The van der Waals surface area contributed by atoms with E-state index >= 15 is 0 Å². The zero-order chi connectivity index (χ0) is 17.1. The van der Waals surface area contributed by atoms with Crippen molar-refractivity contribution in [2.45, 2.75) is 0 Å². The number of hydrogen-bond acceptors (Lipinski definition) is 1. The van der Waals surface area contributed by atoms with Gasteiger partial charge in [-0.05, 0) is 63.7 Å². The van der Waals surface area contributed by atoms with Gasteiger partial charge in [0.15, 0.2) is 0 Å². The third-order valence-corrected chi connectivity index (χ3v) is 4.35. The fourth-order valence-electron chi connectivity index (χ4n) is 3.04. The lowest BCUT2D eigenvalue weighted by Crippen LogP contribution is -1.85. The Bertz CT molecular complexity index is 914. The Balaban J connectivity index is 1.90. The molecule has 1 N–H and O–H groups in total. The van der Waals surface area contributed by atoms with Crippen LogP contribution in [0.15, 0.2) is 103 Å². The molecular formula is C24H18O. The molecule has 25 heavy (non-hydrogen) atoms. The first-order valence-electron chi connectivity index (χ1n) is 8.35. The minimum atomic E-state index is 0.284. The van der Waals surface area contributed by atoms with E-state index in [2.05, 4.69) is 66.7 Å². The highest BCUT2D eigenvalue weighted by molar-refractivity contribution is 5.81. The standard InChI is InChI=1S/C24H18O/c25-24-13-11-20(12-14-24)23-16-21(18-7-3-1-4-8-18)15-22(17-23)19-9-5-2-6-10-19/h1-17,25H. The fourth-order valence-corrected chi connectivity index (χ4v) is 3.04. The van der Waals surface area contributed by atoms with E-state index in [1.54, 1.807) is 12.1 Å². The van der Waals surface area contributed by atoms with E-state index in [0.29, 0.717) is 0 Å². The maximum absolute atomic E-state index is 9.57. The zero-order valence-electron chi connectivity index (χ0n) is 13.8. The van der Waals surface area contributed by atoms with Crippen LogP contribution in [-0.2, 0) is 0 Å². The molecule has 120 valence electrons. The van der Waals surface area contributed by atoms with E-state index in [0.717, 1.165) is 11.1 Å². The molecule has 0 aromatic heterocycles. The molecule has 0 saturated heterocycles. The lowest BCUT2D eigenvalue weighted by Gasteiger charge is -2.11. The van der Waals surface area contributed by atoms with Crippen molar-refractivity contribution in [3.05, 3.63) is 103 Å². The van der Waals surface area contributed by atoms with Crippen LogP contribution in [0.1, 0.15) is 0 Å². The molecular weight excluding hydrogens is 304 g/mol. The zero-order valence-corrected chi connectivity index (χ0v) is 13.8. The molecule has 0 radical (unpaired) electrons. The second-order valence-corrected chi connectivity index (χ2v) is 6.08. The van der Waals surface area contributed by atoms with E-state index in [1.165, 1.54) is 22.3 Å². The van der Waals surface area contributed by atoms with Gasteiger partial charge in [0.1, 0.15) is 5.75 Å². The normalized spacial score (nSPS) is 10.6. The highest BCUT2D eigenvalue weighted by Gasteiger charge is 2.07. The first kappa shape index (κ1) is 15.2. The lowest BCUT2D eigenvalue weighted by atomic mass is 9.93. The summed E-state index contributed by atoms with van der Waals surface area (Å²) in [6.07, 6.45) is 0. The van der Waals surface area contributed by atoms with Crippen molar-refractivity contribution in [1.29, 1.82) is 0 Å². The molecule has 0 heterocycles. The minimum absolute atomic E-state index is 0.284. The molecule has 0 fully saturated rings. The number of aromatic hydroxyl groups is 1. The highest BCUT2D eigenvalue weighted by atomic mass is 16.3. The van der Waals surface area contributed by atoms with Gasteiger partial charge in [0.2, 0.25) is 0 Å². The summed E-state index contributed by atoms with van der Waals surface area (Å²) in [6.45, 7) is 0. The summed E-state index contributed by atoms with van der Waals surface area (Å²) >= 11 is 0. The van der Waals surface area contributed by atoms with Crippen molar-refractivity contribution in [1.82, 2.24) is 0 Å². The van der Waals surface area contributed by atoms with E-state index in [1.807, 2.05) is 24.3 Å². The van der Waals surface area contributed by atoms with E-state index in [9.17, 15) is 5.11 Å². The third kappa shape index (κ3) is 3.31. The lowest BCUT2D eigenvalue weighted by molar-refractivity contribution is 0.475. The van der Waals surface area contributed by atoms with Crippen LogP contribution in [0.3, 0.4) is 0 Å². The molecule has 0 saturated carbocycles. The van der Waals surface area contributed by atoms with Gasteiger partial charge in [0.05, 0.1) is 0 Å². The van der Waals surface area contributed by atoms with Crippen molar-refractivity contribution < 1.29 is 5.11 Å². The number of hydrogen-bond donors (Lipinski definition) is 1. The Morgan fingerprint density at radius 1 is 0.360 bits per heavy atom. The summed E-state index contributed by atoms with van der Waals surface area (Å²) in [7, 11) is 0. The summed E-state index contributed by atoms with van der Waals surface area (Å²) in [5.74, 6) is 0.284. The quantitative estimate of drug-likeness (QED) is 0.463. The van der Waals surface area contributed by atoms with Crippen LogP contribution in [0.4, 0.5) is 0 Å². The van der Waals surface area contributed by atoms with Crippen LogP contribution in [0.2, 0.25) is 0 Å². The van der Waals surface area contributed by atoms with Gasteiger partial charge in [-0.1, -0.05) is 72.8 Å². The molecule has 0 unspecified atom stereocenters. The predicted octanol–water partition coefficient (Wildman–Crippen LogP) is 6.39. The Labute approximate surface area is 147 Å². The van der Waals surface area contributed by atoms with Crippen LogP contribution in [0.5, 0.6) is 5.75 Å². The first-order valence-corrected chi connectivity index (χ1v) is 8.35. The molecule has 1 nitrogen and oxygen atoms in total. The van der Waals surface area contributed by atoms with Crippen molar-refractivity contribution in [3.8, 4) is 39.1 Å². The smallest absolute Gasteiger partial charge is 0.115 e. The Kier molecular flexibility index (Phi) is 4.05. The van der Waals surface area contributed by atoms with Crippen LogP contribution >= 0.6 is 0 Å². The predicted molar refractivity (Wildman–Crippen MR) is 104 cm³/mol. The van der Waals surface area contributed by atoms with Crippen LogP contribution < -0.4 is 0 Å². The Hall–Kier alpha value is -3.32. The SMILES string of the molecule is Oc1ccc(-c2cc(-c3ccccc3)cc(-c3ccccc3)c2)cc1. The molecule has 4 aromatic carbocycles. The first-order chi connectivity index (χ1) is 12.3. The van der Waals surface area contributed by atoms with Gasteiger partial charge in [-0.15, -0.1) is 0 Å². The van der Waals surface area contributed by atoms with E-state index in [-0.39, 0.29) is 5.75 Å². The largest absolute Gasteiger partial charge is 0.508 e. The number of rotatable bonds is 3. The number of phenols is 1. The summed E-state index contributed by atoms with van der Waals surface area (Å²) in [6, 6.07) is 34.8. The maximum atomic E-state index is 9.57. The second-order valence-electron chi connectivity index (χ2n) is 6.08.